The van der Waals surface area contributed by atoms with Gasteiger partial charge in [-0.25, -0.2) is 0 Å². The standard InChI is InChI=1S/C37H43N3O7/c1-23-13-11-14-24(2)31(23)39-20-10-6-9-17-28(42)38(4)25(3)32(26-15-7-5-8-16-26)46-36(45)29-27-18-19-37(47-27)30(29)34(43)40(21-12-22-41)33(37)35(39)44/h5-8,10-11,13-16,18-19,25,27,29-30,32-33,41H,9,12,17,20-22H2,1-4H3/b10-6-/t25-,27+,29-,30-,32+,33+,37-/m0/s1. The van der Waals surface area contributed by atoms with E-state index in [0.717, 1.165) is 22.4 Å². The zero-order valence-corrected chi connectivity index (χ0v) is 27.4. The van der Waals surface area contributed by atoms with Crippen molar-refractivity contribution < 1.29 is 33.8 Å². The number of aliphatic hydroxyl groups is 1. The van der Waals surface area contributed by atoms with E-state index in [1.807, 2.05) is 81.5 Å². The first-order chi connectivity index (χ1) is 22.6. The van der Waals surface area contributed by atoms with Gasteiger partial charge in [-0.15, -0.1) is 0 Å². The fourth-order valence-electron chi connectivity index (χ4n) is 7.77. The lowest BCUT2D eigenvalue weighted by Crippen LogP contribution is -2.56. The molecule has 3 amide bonds. The van der Waals surface area contributed by atoms with Crippen LogP contribution in [-0.2, 0) is 28.7 Å². The SMILES string of the molecule is Cc1cccc(C)c1N1C/C=C\CCC(=O)N(C)[C@@H](C)[C@H](c2ccccc2)OC(=O)[C@@H]2[C@H]3C(=O)N(CCCO)[C@H](C1=O)[C@]31C=C[C@H]2O1. The summed E-state index contributed by atoms with van der Waals surface area (Å²) in [5.74, 6) is -3.42. The van der Waals surface area contributed by atoms with E-state index in [9.17, 15) is 24.3 Å². The molecular formula is C37H43N3O7. The Balaban J connectivity index is 1.47. The molecule has 6 rings (SSSR count). The predicted octanol–water partition coefficient (Wildman–Crippen LogP) is 3.65. The van der Waals surface area contributed by atoms with E-state index in [1.165, 1.54) is 4.90 Å². The van der Waals surface area contributed by atoms with Gasteiger partial charge in [0.05, 0.1) is 18.1 Å². The molecule has 47 heavy (non-hydrogen) atoms. The van der Waals surface area contributed by atoms with Crippen LogP contribution in [0.2, 0.25) is 0 Å². The number of amides is 3. The third kappa shape index (κ3) is 5.57. The number of para-hydroxylation sites is 1. The van der Waals surface area contributed by atoms with E-state index in [0.29, 0.717) is 6.42 Å². The van der Waals surface area contributed by atoms with Crippen molar-refractivity contribution in [2.24, 2.45) is 11.8 Å². The quantitative estimate of drug-likeness (QED) is 0.392. The summed E-state index contributed by atoms with van der Waals surface area (Å²) in [7, 11) is 1.71. The molecule has 2 aromatic carbocycles. The molecule has 0 saturated carbocycles. The van der Waals surface area contributed by atoms with Gasteiger partial charge in [0.25, 0.3) is 5.91 Å². The third-order valence-corrected chi connectivity index (χ3v) is 10.2. The van der Waals surface area contributed by atoms with Gasteiger partial charge >= 0.3 is 5.97 Å². The van der Waals surface area contributed by atoms with Crippen molar-refractivity contribution in [1.82, 2.24) is 9.80 Å². The van der Waals surface area contributed by atoms with Crippen LogP contribution in [0, 0.1) is 25.7 Å². The molecule has 0 aromatic heterocycles. The number of aryl methyl sites for hydroxylation is 2. The fraction of sp³-hybridized carbons (Fsp3) is 0.459. The van der Waals surface area contributed by atoms with Gasteiger partial charge in [-0.2, -0.15) is 0 Å². The molecule has 5 bridgehead atoms. The molecule has 4 aliphatic rings. The molecule has 4 aliphatic heterocycles. The molecular weight excluding hydrogens is 598 g/mol. The molecule has 2 aromatic rings. The Bertz CT molecular complexity index is 1590. The van der Waals surface area contributed by atoms with Crippen LogP contribution in [-0.4, -0.2) is 89.1 Å². The first-order valence-electron chi connectivity index (χ1n) is 16.4. The Hall–Kier alpha value is -4.28. The summed E-state index contributed by atoms with van der Waals surface area (Å²) in [6, 6.07) is 13.5. The summed E-state index contributed by atoms with van der Waals surface area (Å²) in [5, 5.41) is 9.75. The number of hydrogen-bond acceptors (Lipinski definition) is 7. The Morgan fingerprint density at radius 1 is 0.957 bits per heavy atom. The maximum atomic E-state index is 14.9. The Kier molecular flexibility index (Phi) is 9.09. The first kappa shape index (κ1) is 32.7. The number of likely N-dealkylation sites (tertiary alicyclic amines) is 1. The number of rotatable bonds is 5. The van der Waals surface area contributed by atoms with Crippen molar-refractivity contribution >= 4 is 29.4 Å². The van der Waals surface area contributed by atoms with Crippen LogP contribution in [0.25, 0.3) is 0 Å². The number of carbonyl (C=O) groups excluding carboxylic acids is 4. The van der Waals surface area contributed by atoms with Crippen LogP contribution in [0.1, 0.15) is 49.0 Å². The van der Waals surface area contributed by atoms with Crippen molar-refractivity contribution in [3.8, 4) is 0 Å². The second-order valence-electron chi connectivity index (χ2n) is 13.0. The van der Waals surface area contributed by atoms with E-state index in [1.54, 1.807) is 29.0 Å². The summed E-state index contributed by atoms with van der Waals surface area (Å²) in [6.07, 6.45) is 6.71. The predicted molar refractivity (Wildman–Crippen MR) is 175 cm³/mol. The number of esters is 1. The Morgan fingerprint density at radius 3 is 2.38 bits per heavy atom. The number of anilines is 1. The van der Waals surface area contributed by atoms with Crippen molar-refractivity contribution in [3.05, 3.63) is 89.5 Å². The molecule has 1 spiro atoms. The van der Waals surface area contributed by atoms with Gasteiger partial charge in [-0.1, -0.05) is 72.8 Å². The number of allylic oxidation sites excluding steroid dienone is 1. The van der Waals surface area contributed by atoms with Crippen molar-refractivity contribution in [3.63, 3.8) is 0 Å². The fourth-order valence-corrected chi connectivity index (χ4v) is 7.77. The molecule has 1 N–H and O–H groups in total. The molecule has 10 nitrogen and oxygen atoms in total. The molecule has 2 fully saturated rings. The topological polar surface area (TPSA) is 117 Å². The van der Waals surface area contributed by atoms with Gasteiger partial charge < -0.3 is 29.3 Å². The van der Waals surface area contributed by atoms with Gasteiger partial charge in [-0.3, -0.25) is 19.2 Å². The average molecular weight is 642 g/mol. The van der Waals surface area contributed by atoms with Crippen molar-refractivity contribution in [1.29, 1.82) is 0 Å². The maximum Gasteiger partial charge on any atom is 0.313 e. The average Bonchev–Trinajstić information content (AvgIpc) is 3.71. The molecule has 7 atom stereocenters. The summed E-state index contributed by atoms with van der Waals surface area (Å²) in [6.45, 7) is 5.89. The monoisotopic (exact) mass is 641 g/mol. The lowest BCUT2D eigenvalue weighted by atomic mass is 9.74. The summed E-state index contributed by atoms with van der Waals surface area (Å²) in [4.78, 5) is 61.7. The minimum absolute atomic E-state index is 0.106. The molecule has 4 heterocycles. The van der Waals surface area contributed by atoms with Crippen LogP contribution < -0.4 is 4.90 Å². The third-order valence-electron chi connectivity index (χ3n) is 10.2. The number of ether oxygens (including phenoxy) is 2. The minimum atomic E-state index is -1.38. The van der Waals surface area contributed by atoms with E-state index in [-0.39, 0.29) is 50.3 Å². The van der Waals surface area contributed by atoms with Gasteiger partial charge in [0.15, 0.2) is 0 Å². The van der Waals surface area contributed by atoms with Gasteiger partial charge in [-0.05, 0) is 50.3 Å². The zero-order valence-electron chi connectivity index (χ0n) is 27.4. The van der Waals surface area contributed by atoms with Gasteiger partial charge in [0.2, 0.25) is 11.8 Å². The second-order valence-corrected chi connectivity index (χ2v) is 13.0. The van der Waals surface area contributed by atoms with Crippen molar-refractivity contribution in [2.75, 3.05) is 31.6 Å². The number of aliphatic hydroxyl groups excluding tert-OH is 1. The highest BCUT2D eigenvalue weighted by molar-refractivity contribution is 6.06. The molecule has 2 saturated heterocycles. The van der Waals surface area contributed by atoms with E-state index in [4.69, 9.17) is 9.47 Å². The van der Waals surface area contributed by atoms with E-state index >= 15 is 0 Å². The number of likely N-dealkylation sites (N-methyl/N-ethyl adjacent to an activating group) is 1. The molecule has 10 heteroatoms. The van der Waals surface area contributed by atoms with Gasteiger partial charge in [0, 0.05) is 38.9 Å². The number of carbonyl (C=O) groups is 4. The van der Waals surface area contributed by atoms with Crippen LogP contribution in [0.3, 0.4) is 0 Å². The minimum Gasteiger partial charge on any atom is -0.455 e. The maximum absolute atomic E-state index is 14.9. The van der Waals surface area contributed by atoms with E-state index in [2.05, 4.69) is 0 Å². The van der Waals surface area contributed by atoms with Gasteiger partial charge in [0.1, 0.15) is 23.7 Å². The molecule has 248 valence electrons. The highest BCUT2D eigenvalue weighted by Crippen LogP contribution is 2.56. The lowest BCUT2D eigenvalue weighted by Gasteiger charge is -2.36. The lowest BCUT2D eigenvalue weighted by molar-refractivity contribution is -0.164. The van der Waals surface area contributed by atoms with Crippen LogP contribution in [0.4, 0.5) is 5.69 Å². The molecule has 0 unspecified atom stereocenters. The van der Waals surface area contributed by atoms with E-state index < -0.39 is 47.7 Å². The smallest absolute Gasteiger partial charge is 0.313 e. The summed E-state index contributed by atoms with van der Waals surface area (Å²) in [5.41, 5.74) is 1.86. The summed E-state index contributed by atoms with van der Waals surface area (Å²) < 4.78 is 12.8. The molecule has 0 radical (unpaired) electrons. The van der Waals surface area contributed by atoms with Crippen molar-refractivity contribution in [2.45, 2.75) is 69.9 Å². The highest BCUT2D eigenvalue weighted by atomic mass is 16.6. The number of cyclic esters (lactones) is 1. The highest BCUT2D eigenvalue weighted by Gasteiger charge is 2.73. The number of hydrogen-bond donors (Lipinski definition) is 1. The summed E-state index contributed by atoms with van der Waals surface area (Å²) >= 11 is 0. The molecule has 0 aliphatic carbocycles. The van der Waals surface area contributed by atoms with Crippen LogP contribution >= 0.6 is 0 Å². The van der Waals surface area contributed by atoms with Crippen LogP contribution in [0.5, 0.6) is 0 Å². The number of nitrogens with zero attached hydrogens (tertiary/aromatic N) is 3. The van der Waals surface area contributed by atoms with Crippen LogP contribution in [0.15, 0.2) is 72.8 Å². The first-order valence-corrected chi connectivity index (χ1v) is 16.4. The second kappa shape index (κ2) is 13.1. The Morgan fingerprint density at radius 2 is 1.68 bits per heavy atom. The zero-order chi connectivity index (χ0) is 33.5. The Labute approximate surface area is 275 Å². The number of fused-ring (bicyclic) bond motifs is 2. The largest absolute Gasteiger partial charge is 0.455 e. The normalized spacial score (nSPS) is 31.8. The number of benzene rings is 2.